The molecule has 5 amide bonds. The molecule has 13 heteroatoms. The molecule has 2 aliphatic heterocycles. The SMILES string of the molecule is CC1(c2ccc(C3=NCCN3)cc2)C(=O)N(CC(=O)NC[C@H](NC(=O)OCC23CC4CC(CC(C4)C2)C3)C(=O)O)C(=O)N1Cc1ccc2ccccc2c1. The van der Waals surface area contributed by atoms with E-state index in [1.807, 2.05) is 54.6 Å². The molecule has 1 saturated heterocycles. The number of aliphatic imine (C=N–C) groups is 1. The fourth-order valence-electron chi connectivity index (χ4n) is 10.00. The van der Waals surface area contributed by atoms with Gasteiger partial charge in [0.25, 0.3) is 5.91 Å². The standard InChI is InChI=1S/C41H46N6O7/c1-40(32-10-8-30(9-11-32)35-42-12-13-43-35)37(51)46(39(53)47(40)22-25-6-7-29-4-2-3-5-31(29)17-25)23-34(48)44-21-33(36(49)50)45-38(52)54-24-41-18-26-14-27(19-41)16-28(15-26)20-41/h2-11,17,26-28,33H,12-16,18-24H2,1H3,(H,42,43)(H,44,48)(H,45,52)(H,49,50)/t26?,27?,28?,33-,40?,41?/m0/s1. The highest BCUT2D eigenvalue weighted by Crippen LogP contribution is 2.60. The Morgan fingerprint density at radius 3 is 2.30 bits per heavy atom. The van der Waals surface area contributed by atoms with Crippen molar-refractivity contribution in [2.24, 2.45) is 28.2 Å². The van der Waals surface area contributed by atoms with Crippen LogP contribution in [0, 0.1) is 23.2 Å². The van der Waals surface area contributed by atoms with Crippen LogP contribution in [-0.4, -0.2) is 89.5 Å². The number of hydrogen-bond acceptors (Lipinski definition) is 8. The van der Waals surface area contributed by atoms with Crippen LogP contribution < -0.4 is 16.0 Å². The Bertz CT molecular complexity index is 2000. The lowest BCUT2D eigenvalue weighted by molar-refractivity contribution is -0.140. The Hall–Kier alpha value is -5.46. The summed E-state index contributed by atoms with van der Waals surface area (Å²) in [7, 11) is 0. The van der Waals surface area contributed by atoms with Gasteiger partial charge in [-0.3, -0.25) is 19.5 Å². The summed E-state index contributed by atoms with van der Waals surface area (Å²) in [6.07, 6.45) is 6.03. The second kappa shape index (κ2) is 14.1. The van der Waals surface area contributed by atoms with Crippen molar-refractivity contribution in [3.8, 4) is 0 Å². The molecule has 4 N–H and O–H groups in total. The molecule has 6 aliphatic rings. The number of carbonyl (C=O) groups is 5. The molecule has 3 aromatic carbocycles. The highest BCUT2D eigenvalue weighted by Gasteiger charge is 2.56. The lowest BCUT2D eigenvalue weighted by atomic mass is 9.50. The van der Waals surface area contributed by atoms with Gasteiger partial charge in [-0.25, -0.2) is 14.4 Å². The van der Waals surface area contributed by atoms with E-state index in [4.69, 9.17) is 4.74 Å². The molecule has 13 nitrogen and oxygen atoms in total. The molecular formula is C41H46N6O7. The largest absolute Gasteiger partial charge is 0.480 e. The zero-order valence-corrected chi connectivity index (χ0v) is 30.4. The number of carbonyl (C=O) groups excluding carboxylic acids is 4. The topological polar surface area (TPSA) is 170 Å². The molecule has 0 radical (unpaired) electrons. The quantitative estimate of drug-likeness (QED) is 0.199. The molecule has 5 fully saturated rings. The minimum Gasteiger partial charge on any atom is -0.480 e. The first-order valence-electron chi connectivity index (χ1n) is 18.9. The van der Waals surface area contributed by atoms with E-state index in [9.17, 15) is 29.1 Å². The summed E-state index contributed by atoms with van der Waals surface area (Å²) in [4.78, 5) is 73.5. The molecule has 9 rings (SSSR count). The van der Waals surface area contributed by atoms with Crippen LogP contribution in [0.15, 0.2) is 71.7 Å². The van der Waals surface area contributed by atoms with Gasteiger partial charge in [0.1, 0.15) is 24.0 Å². The Morgan fingerprint density at radius 2 is 1.65 bits per heavy atom. The number of rotatable bonds is 12. The van der Waals surface area contributed by atoms with Crippen molar-refractivity contribution in [3.05, 3.63) is 83.4 Å². The van der Waals surface area contributed by atoms with E-state index in [0.29, 0.717) is 29.9 Å². The van der Waals surface area contributed by atoms with Crippen LogP contribution in [0.4, 0.5) is 9.59 Å². The average molecular weight is 735 g/mol. The van der Waals surface area contributed by atoms with E-state index in [0.717, 1.165) is 58.4 Å². The van der Waals surface area contributed by atoms with Crippen molar-refractivity contribution in [2.75, 3.05) is 32.8 Å². The Balaban J connectivity index is 0.943. The average Bonchev–Trinajstić information content (AvgIpc) is 3.76. The number of aliphatic carboxylic acids is 1. The fraction of sp³-hybridized carbons (Fsp3) is 0.463. The third-order valence-electron chi connectivity index (χ3n) is 12.3. The molecule has 4 aliphatic carbocycles. The first-order chi connectivity index (χ1) is 26.0. The predicted octanol–water partition coefficient (Wildman–Crippen LogP) is 4.38. The Morgan fingerprint density at radius 1 is 0.963 bits per heavy atom. The van der Waals surface area contributed by atoms with Gasteiger partial charge in [0.2, 0.25) is 5.91 Å². The number of benzene rings is 3. The monoisotopic (exact) mass is 734 g/mol. The smallest absolute Gasteiger partial charge is 0.407 e. The molecule has 1 unspecified atom stereocenters. The summed E-state index contributed by atoms with van der Waals surface area (Å²) in [5.41, 5.74) is 0.729. The summed E-state index contributed by atoms with van der Waals surface area (Å²) >= 11 is 0. The number of nitrogens with zero attached hydrogens (tertiary/aromatic N) is 3. The number of nitrogens with one attached hydrogen (secondary N) is 3. The molecule has 2 atom stereocenters. The second-order valence-corrected chi connectivity index (χ2v) is 16.1. The summed E-state index contributed by atoms with van der Waals surface area (Å²) in [6, 6.07) is 18.9. The van der Waals surface area contributed by atoms with Gasteiger partial charge in [-0.15, -0.1) is 0 Å². The zero-order valence-electron chi connectivity index (χ0n) is 30.4. The normalized spacial score (nSPS) is 27.5. The van der Waals surface area contributed by atoms with Gasteiger partial charge in [-0.05, 0) is 91.2 Å². The number of hydrogen-bond donors (Lipinski definition) is 4. The first-order valence-corrected chi connectivity index (χ1v) is 18.9. The van der Waals surface area contributed by atoms with Gasteiger partial charge >= 0.3 is 18.1 Å². The van der Waals surface area contributed by atoms with Crippen LogP contribution in [-0.2, 0) is 31.2 Å². The number of fused-ring (bicyclic) bond motifs is 1. The number of carboxylic acid groups (broad SMARTS) is 1. The van der Waals surface area contributed by atoms with Crippen molar-refractivity contribution in [1.29, 1.82) is 0 Å². The van der Waals surface area contributed by atoms with E-state index >= 15 is 0 Å². The van der Waals surface area contributed by atoms with E-state index in [2.05, 4.69) is 20.9 Å². The lowest BCUT2D eigenvalue weighted by Crippen LogP contribution is -2.52. The fourth-order valence-corrected chi connectivity index (χ4v) is 10.00. The van der Waals surface area contributed by atoms with Gasteiger partial charge in [0.05, 0.1) is 13.2 Å². The van der Waals surface area contributed by atoms with Crippen molar-refractivity contribution in [1.82, 2.24) is 25.8 Å². The molecule has 4 bridgehead atoms. The third kappa shape index (κ3) is 6.75. The molecule has 54 heavy (non-hydrogen) atoms. The van der Waals surface area contributed by atoms with E-state index in [1.54, 1.807) is 19.1 Å². The molecule has 282 valence electrons. The number of alkyl carbamates (subject to hydrolysis) is 1. The molecule has 4 saturated carbocycles. The number of amidine groups is 1. The van der Waals surface area contributed by atoms with Crippen molar-refractivity contribution >= 4 is 46.5 Å². The molecule has 2 heterocycles. The van der Waals surface area contributed by atoms with Crippen LogP contribution in [0.25, 0.3) is 10.8 Å². The van der Waals surface area contributed by atoms with Crippen LogP contribution >= 0.6 is 0 Å². The lowest BCUT2D eigenvalue weighted by Gasteiger charge is -2.56. The van der Waals surface area contributed by atoms with Crippen LogP contribution in [0.5, 0.6) is 0 Å². The summed E-state index contributed by atoms with van der Waals surface area (Å²) in [5, 5.41) is 20.0. The first kappa shape index (κ1) is 35.6. The number of ether oxygens (including phenoxy) is 1. The van der Waals surface area contributed by atoms with E-state index in [1.165, 1.54) is 24.2 Å². The van der Waals surface area contributed by atoms with Crippen LogP contribution in [0.2, 0.25) is 0 Å². The van der Waals surface area contributed by atoms with Crippen molar-refractivity contribution < 1.29 is 33.8 Å². The summed E-state index contributed by atoms with van der Waals surface area (Å²) in [6.45, 7) is 2.34. The van der Waals surface area contributed by atoms with Gasteiger partial charge in [0, 0.05) is 30.6 Å². The minimum absolute atomic E-state index is 0.0332. The third-order valence-corrected chi connectivity index (χ3v) is 12.3. The van der Waals surface area contributed by atoms with Gasteiger partial charge < -0.3 is 30.7 Å². The van der Waals surface area contributed by atoms with Crippen LogP contribution in [0.1, 0.15) is 62.1 Å². The Kier molecular flexibility index (Phi) is 9.27. The molecule has 3 aromatic rings. The summed E-state index contributed by atoms with van der Waals surface area (Å²) in [5.74, 6) is 0.105. The second-order valence-electron chi connectivity index (χ2n) is 16.1. The highest BCUT2D eigenvalue weighted by molar-refractivity contribution is 6.09. The molecular weight excluding hydrogens is 688 g/mol. The zero-order chi connectivity index (χ0) is 37.6. The predicted molar refractivity (Wildman–Crippen MR) is 199 cm³/mol. The maximum Gasteiger partial charge on any atom is 0.407 e. The molecule has 0 spiro atoms. The Labute approximate surface area is 313 Å². The highest BCUT2D eigenvalue weighted by atomic mass is 16.5. The number of imide groups is 1. The van der Waals surface area contributed by atoms with Crippen LogP contribution in [0.3, 0.4) is 0 Å². The van der Waals surface area contributed by atoms with Crippen molar-refractivity contribution in [3.63, 3.8) is 0 Å². The van der Waals surface area contributed by atoms with E-state index < -0.39 is 54.6 Å². The number of urea groups is 1. The van der Waals surface area contributed by atoms with E-state index in [-0.39, 0.29) is 18.6 Å². The van der Waals surface area contributed by atoms with Gasteiger partial charge in [-0.1, -0.05) is 60.7 Å². The van der Waals surface area contributed by atoms with Gasteiger partial charge in [0.15, 0.2) is 0 Å². The maximum absolute atomic E-state index is 14.3. The maximum atomic E-state index is 14.3. The van der Waals surface area contributed by atoms with Crippen molar-refractivity contribution in [2.45, 2.75) is 63.6 Å². The molecule has 0 aromatic heterocycles. The minimum atomic E-state index is -1.48. The number of carboxylic acids is 1. The summed E-state index contributed by atoms with van der Waals surface area (Å²) < 4.78 is 5.60. The van der Waals surface area contributed by atoms with Gasteiger partial charge in [-0.2, -0.15) is 0 Å². The number of amides is 5.